The molecule has 15 heavy (non-hydrogen) atoms. The number of hydrogen-bond donors (Lipinski definition) is 1. The van der Waals surface area contributed by atoms with Gasteiger partial charge >= 0.3 is 0 Å². The van der Waals surface area contributed by atoms with Crippen molar-refractivity contribution in [3.05, 3.63) is 29.6 Å². The second-order valence-corrected chi connectivity index (χ2v) is 3.62. The molecule has 0 aliphatic carbocycles. The highest BCUT2D eigenvalue weighted by Crippen LogP contribution is 2.06. The van der Waals surface area contributed by atoms with Crippen molar-refractivity contribution in [1.29, 1.82) is 0 Å². The Bertz CT molecular complexity index is 311. The van der Waals surface area contributed by atoms with Gasteiger partial charge in [-0.25, -0.2) is 0 Å². The highest BCUT2D eigenvalue weighted by molar-refractivity contribution is 7.80. The minimum absolute atomic E-state index is 0.0953. The Morgan fingerprint density at radius 3 is 2.87 bits per heavy atom. The van der Waals surface area contributed by atoms with Gasteiger partial charge in [0.25, 0.3) is 0 Å². The number of ether oxygens (including phenoxy) is 1. The molecule has 0 saturated carbocycles. The van der Waals surface area contributed by atoms with Crippen LogP contribution in [-0.4, -0.2) is 16.8 Å². The van der Waals surface area contributed by atoms with Crippen LogP contribution in [-0.2, 0) is 11.2 Å². The van der Waals surface area contributed by atoms with Crippen molar-refractivity contribution in [2.75, 3.05) is 6.73 Å². The van der Waals surface area contributed by atoms with E-state index in [2.05, 4.69) is 11.9 Å². The average Bonchev–Trinajstić information content (AvgIpc) is 2.27. The highest BCUT2D eigenvalue weighted by atomic mass is 32.1. The third-order valence-corrected chi connectivity index (χ3v) is 2.39. The van der Waals surface area contributed by atoms with Gasteiger partial charge in [-0.3, -0.25) is 10.7 Å². The van der Waals surface area contributed by atoms with E-state index in [1.165, 1.54) is 18.4 Å². The lowest BCUT2D eigenvalue weighted by Gasteiger charge is -2.04. The van der Waals surface area contributed by atoms with Crippen molar-refractivity contribution in [2.24, 2.45) is 5.73 Å². The zero-order valence-electron chi connectivity index (χ0n) is 8.90. The Kier molecular flexibility index (Phi) is 5.21. The lowest BCUT2D eigenvalue weighted by molar-refractivity contribution is 0.325. The van der Waals surface area contributed by atoms with E-state index in [1.807, 2.05) is 18.3 Å². The first kappa shape index (κ1) is 12.1. The molecule has 0 atom stereocenters. The number of thiocarbonyl (C=S) groups is 1. The van der Waals surface area contributed by atoms with Gasteiger partial charge in [-0.15, -0.1) is 0 Å². The molecule has 0 aliphatic heterocycles. The monoisotopic (exact) mass is 224 g/mol. The molecule has 4 heteroatoms. The first-order valence-electron chi connectivity index (χ1n) is 5.10. The molecule has 0 fully saturated rings. The van der Waals surface area contributed by atoms with Crippen LogP contribution >= 0.6 is 12.2 Å². The van der Waals surface area contributed by atoms with E-state index in [0.29, 0.717) is 10.7 Å². The van der Waals surface area contributed by atoms with Gasteiger partial charge in [0.2, 0.25) is 5.05 Å². The molecule has 0 saturated heterocycles. The number of aryl methyl sites for hydroxylation is 1. The van der Waals surface area contributed by atoms with Gasteiger partial charge in [-0.1, -0.05) is 19.4 Å². The van der Waals surface area contributed by atoms with Crippen molar-refractivity contribution >= 4 is 17.3 Å². The van der Waals surface area contributed by atoms with E-state index in [4.69, 9.17) is 22.7 Å². The number of unbranched alkanes of at least 4 members (excludes halogenated alkanes) is 1. The minimum Gasteiger partial charge on any atom is -0.466 e. The molecule has 0 unspecified atom stereocenters. The third-order valence-electron chi connectivity index (χ3n) is 2.07. The van der Waals surface area contributed by atoms with Crippen LogP contribution in [0.25, 0.3) is 0 Å². The van der Waals surface area contributed by atoms with Gasteiger partial charge in [0, 0.05) is 6.20 Å². The Hall–Kier alpha value is -1.00. The fourth-order valence-corrected chi connectivity index (χ4v) is 1.41. The van der Waals surface area contributed by atoms with E-state index in [1.54, 1.807) is 0 Å². The summed E-state index contributed by atoms with van der Waals surface area (Å²) < 4.78 is 5.00. The van der Waals surface area contributed by atoms with Crippen molar-refractivity contribution < 1.29 is 4.74 Å². The fourth-order valence-electron chi connectivity index (χ4n) is 1.22. The first-order valence-corrected chi connectivity index (χ1v) is 5.51. The summed E-state index contributed by atoms with van der Waals surface area (Å²) in [5.41, 5.74) is 7.13. The molecule has 1 aromatic rings. The number of aromatic nitrogens is 1. The van der Waals surface area contributed by atoms with Gasteiger partial charge in [-0.05, 0) is 36.7 Å². The number of pyridine rings is 1. The second kappa shape index (κ2) is 6.48. The van der Waals surface area contributed by atoms with Crippen LogP contribution in [0.3, 0.4) is 0 Å². The molecule has 0 bridgehead atoms. The molecule has 3 nitrogen and oxygen atoms in total. The second-order valence-electron chi connectivity index (χ2n) is 3.25. The Morgan fingerprint density at radius 1 is 1.53 bits per heavy atom. The van der Waals surface area contributed by atoms with Crippen LogP contribution in [0.15, 0.2) is 18.3 Å². The van der Waals surface area contributed by atoms with E-state index in [9.17, 15) is 0 Å². The van der Waals surface area contributed by atoms with E-state index in [0.717, 1.165) is 6.42 Å². The highest BCUT2D eigenvalue weighted by Gasteiger charge is 2.02. The SMILES string of the molecule is CCCCc1ccc(C(=S)OCN)nc1. The summed E-state index contributed by atoms with van der Waals surface area (Å²) in [5, 5.41) is 0.361. The average molecular weight is 224 g/mol. The first-order chi connectivity index (χ1) is 7.27. The smallest absolute Gasteiger partial charge is 0.211 e. The summed E-state index contributed by atoms with van der Waals surface area (Å²) in [6.45, 7) is 2.27. The molecule has 0 amide bonds. The molecule has 1 heterocycles. The van der Waals surface area contributed by atoms with E-state index < -0.39 is 0 Å². The number of hydrogen-bond acceptors (Lipinski definition) is 4. The quantitative estimate of drug-likeness (QED) is 0.614. The Balaban J connectivity index is 2.59. The topological polar surface area (TPSA) is 48.1 Å². The molecule has 1 aromatic heterocycles. The van der Waals surface area contributed by atoms with Gasteiger partial charge in [0.15, 0.2) is 0 Å². The Morgan fingerprint density at radius 2 is 2.33 bits per heavy atom. The maximum Gasteiger partial charge on any atom is 0.211 e. The van der Waals surface area contributed by atoms with Crippen molar-refractivity contribution in [3.63, 3.8) is 0 Å². The minimum atomic E-state index is 0.0953. The molecule has 0 aliphatic rings. The standard InChI is InChI=1S/C11H16N2OS/c1-2-3-4-9-5-6-10(13-7-9)11(15)14-8-12/h5-7H,2-4,8,12H2,1H3. The van der Waals surface area contributed by atoms with Gasteiger partial charge in [-0.2, -0.15) is 0 Å². The zero-order chi connectivity index (χ0) is 11.1. The normalized spacial score (nSPS) is 10.0. The Labute approximate surface area is 95.7 Å². The van der Waals surface area contributed by atoms with Gasteiger partial charge in [0.1, 0.15) is 12.4 Å². The van der Waals surface area contributed by atoms with Crippen LogP contribution in [0.5, 0.6) is 0 Å². The molecule has 2 N–H and O–H groups in total. The lowest BCUT2D eigenvalue weighted by Crippen LogP contribution is -2.12. The molecule has 1 rings (SSSR count). The number of nitrogens with zero attached hydrogens (tertiary/aromatic N) is 1. The van der Waals surface area contributed by atoms with Crippen LogP contribution < -0.4 is 5.73 Å². The van der Waals surface area contributed by atoms with Crippen molar-refractivity contribution in [2.45, 2.75) is 26.2 Å². The molecule has 0 radical (unpaired) electrons. The molecule has 0 aromatic carbocycles. The van der Waals surface area contributed by atoms with Crippen molar-refractivity contribution in [3.8, 4) is 0 Å². The summed E-state index contributed by atoms with van der Waals surface area (Å²) in [5.74, 6) is 0. The van der Waals surface area contributed by atoms with Crippen LogP contribution in [0.1, 0.15) is 31.0 Å². The maximum absolute atomic E-state index is 5.22. The van der Waals surface area contributed by atoms with E-state index in [-0.39, 0.29) is 6.73 Å². The molecular formula is C11H16N2OS. The van der Waals surface area contributed by atoms with Crippen LogP contribution in [0.4, 0.5) is 0 Å². The van der Waals surface area contributed by atoms with E-state index >= 15 is 0 Å². The summed E-state index contributed by atoms with van der Waals surface area (Å²) >= 11 is 4.99. The summed E-state index contributed by atoms with van der Waals surface area (Å²) in [6.07, 6.45) is 5.28. The van der Waals surface area contributed by atoms with Crippen LogP contribution in [0.2, 0.25) is 0 Å². The molecule has 82 valence electrons. The number of nitrogens with two attached hydrogens (primary N) is 1. The summed E-state index contributed by atoms with van der Waals surface area (Å²) in [7, 11) is 0. The lowest BCUT2D eigenvalue weighted by atomic mass is 10.1. The number of rotatable bonds is 5. The summed E-state index contributed by atoms with van der Waals surface area (Å²) in [4.78, 5) is 4.23. The fraction of sp³-hybridized carbons (Fsp3) is 0.455. The van der Waals surface area contributed by atoms with Gasteiger partial charge in [0.05, 0.1) is 0 Å². The molecular weight excluding hydrogens is 208 g/mol. The summed E-state index contributed by atoms with van der Waals surface area (Å²) in [6, 6.07) is 3.91. The predicted molar refractivity (Wildman–Crippen MR) is 64.7 cm³/mol. The van der Waals surface area contributed by atoms with Gasteiger partial charge < -0.3 is 4.74 Å². The third kappa shape index (κ3) is 3.93. The van der Waals surface area contributed by atoms with Crippen LogP contribution in [0, 0.1) is 0 Å². The van der Waals surface area contributed by atoms with Crippen molar-refractivity contribution in [1.82, 2.24) is 4.98 Å². The molecule has 0 spiro atoms. The maximum atomic E-state index is 5.22. The largest absolute Gasteiger partial charge is 0.466 e. The predicted octanol–water partition coefficient (Wildman–Crippen LogP) is 2.03. The zero-order valence-corrected chi connectivity index (χ0v) is 9.72.